The van der Waals surface area contributed by atoms with Crippen LogP contribution in [-0.2, 0) is 15.9 Å². The van der Waals surface area contributed by atoms with Crippen LogP contribution >= 0.6 is 22.9 Å². The number of allylic oxidation sites excluding steroid dienone is 1. The summed E-state index contributed by atoms with van der Waals surface area (Å²) in [4.78, 5) is 2.75. The Bertz CT molecular complexity index is 1320. The number of anilines is 1. The molecule has 1 aromatic heterocycles. The van der Waals surface area contributed by atoms with Crippen LogP contribution in [0.1, 0.15) is 16.9 Å². The van der Waals surface area contributed by atoms with Crippen molar-refractivity contribution in [3.8, 4) is 5.75 Å². The number of likely N-dealkylation sites (N-methyl/N-ethyl adjacent to an activating group) is 1. The zero-order valence-corrected chi connectivity index (χ0v) is 20.5. The van der Waals surface area contributed by atoms with Gasteiger partial charge in [-0.3, -0.25) is 4.72 Å². The van der Waals surface area contributed by atoms with E-state index in [1.54, 1.807) is 25.1 Å². The van der Waals surface area contributed by atoms with Crippen molar-refractivity contribution in [1.29, 1.82) is 0 Å². The van der Waals surface area contributed by atoms with E-state index >= 15 is 0 Å². The van der Waals surface area contributed by atoms with Crippen molar-refractivity contribution in [1.82, 2.24) is 4.90 Å². The van der Waals surface area contributed by atoms with Crippen molar-refractivity contribution in [3.05, 3.63) is 64.5 Å². The summed E-state index contributed by atoms with van der Waals surface area (Å²) in [5.41, 5.74) is -0.236. The first-order chi connectivity index (χ1) is 15.5. The van der Waals surface area contributed by atoms with Gasteiger partial charge in [-0.2, -0.15) is 8.78 Å². The van der Waals surface area contributed by atoms with Gasteiger partial charge in [0.05, 0.1) is 11.3 Å². The lowest BCUT2D eigenvalue weighted by molar-refractivity contribution is 0.0472. The fraction of sp³-hybridized carbons (Fsp3) is 0.304. The Morgan fingerprint density at radius 1 is 1.30 bits per heavy atom. The molecule has 33 heavy (non-hydrogen) atoms. The smallest absolute Gasteiger partial charge is 0.294 e. The third kappa shape index (κ3) is 4.87. The topological polar surface area (TPSA) is 58.6 Å². The van der Waals surface area contributed by atoms with Gasteiger partial charge in [-0.1, -0.05) is 18.2 Å². The molecule has 1 aliphatic heterocycles. The quantitative estimate of drug-likeness (QED) is 0.393. The highest BCUT2D eigenvalue weighted by atomic mass is 35.5. The van der Waals surface area contributed by atoms with Crippen molar-refractivity contribution < 1.29 is 21.9 Å². The van der Waals surface area contributed by atoms with Gasteiger partial charge < -0.3 is 9.64 Å². The van der Waals surface area contributed by atoms with E-state index < -0.39 is 15.9 Å². The van der Waals surface area contributed by atoms with Gasteiger partial charge >= 0.3 is 0 Å². The average Bonchev–Trinajstić information content (AvgIpc) is 3.29. The molecular weight excluding hydrogens is 490 g/mol. The molecule has 2 aromatic carbocycles. The molecular formula is C23H23ClF2N2O3S2. The lowest BCUT2D eigenvalue weighted by Gasteiger charge is -2.21. The first-order valence-electron chi connectivity index (χ1n) is 10.2. The van der Waals surface area contributed by atoms with E-state index in [0.717, 1.165) is 11.2 Å². The summed E-state index contributed by atoms with van der Waals surface area (Å²) in [6.07, 6.45) is 0.961. The average molecular weight is 513 g/mol. The van der Waals surface area contributed by atoms with E-state index in [1.807, 2.05) is 11.9 Å². The predicted molar refractivity (Wildman–Crippen MR) is 129 cm³/mol. The maximum Gasteiger partial charge on any atom is 0.294 e. The minimum Gasteiger partial charge on any atom is -0.488 e. The first-order valence-corrected chi connectivity index (χ1v) is 12.9. The molecule has 1 atom stereocenters. The summed E-state index contributed by atoms with van der Waals surface area (Å²) in [7, 11) is -2.10. The predicted octanol–water partition coefficient (Wildman–Crippen LogP) is 6.02. The van der Waals surface area contributed by atoms with Crippen LogP contribution in [0.25, 0.3) is 10.1 Å². The van der Waals surface area contributed by atoms with Crippen molar-refractivity contribution in [2.75, 3.05) is 24.9 Å². The maximum absolute atomic E-state index is 14.5. The number of nitrogens with zero attached hydrogens (tertiary/aromatic N) is 1. The molecule has 1 aliphatic rings. The molecule has 0 spiro atoms. The van der Waals surface area contributed by atoms with E-state index in [0.29, 0.717) is 34.3 Å². The van der Waals surface area contributed by atoms with E-state index in [-0.39, 0.29) is 28.0 Å². The zero-order chi connectivity index (χ0) is 24.0. The fourth-order valence-electron chi connectivity index (χ4n) is 3.95. The summed E-state index contributed by atoms with van der Waals surface area (Å²) in [6.45, 7) is 6.32. The van der Waals surface area contributed by atoms with E-state index in [1.165, 1.54) is 29.5 Å². The molecule has 0 saturated carbocycles. The highest BCUT2D eigenvalue weighted by molar-refractivity contribution is 7.93. The van der Waals surface area contributed by atoms with Crippen molar-refractivity contribution >= 4 is 48.7 Å². The molecule has 0 unspecified atom stereocenters. The van der Waals surface area contributed by atoms with E-state index in [4.69, 9.17) is 16.3 Å². The number of nitrogens with one attached hydrogen (secondary N) is 1. The normalized spacial score (nSPS) is 17.4. The van der Waals surface area contributed by atoms with Crippen LogP contribution in [-0.4, -0.2) is 39.6 Å². The number of fused-ring (bicyclic) bond motifs is 1. The van der Waals surface area contributed by atoms with Crippen LogP contribution in [0.2, 0.25) is 5.02 Å². The number of benzene rings is 2. The van der Waals surface area contributed by atoms with Gasteiger partial charge in [0.1, 0.15) is 16.7 Å². The SMILES string of the molecule is C=CC(F)(F)c1ccc(NS(=O)(=O)c2c(C)sc3ccc(Cl)cc23)cc1O[C@@H]1CCN(C)C1. The van der Waals surface area contributed by atoms with E-state index in [2.05, 4.69) is 11.3 Å². The zero-order valence-electron chi connectivity index (χ0n) is 18.1. The van der Waals surface area contributed by atoms with Crippen LogP contribution in [0.15, 0.2) is 53.9 Å². The second-order valence-corrected chi connectivity index (χ2v) is 11.4. The van der Waals surface area contributed by atoms with E-state index in [9.17, 15) is 17.2 Å². The molecule has 4 rings (SSSR count). The minimum atomic E-state index is -4.02. The number of aryl methyl sites for hydroxylation is 1. The third-order valence-corrected chi connectivity index (χ3v) is 8.55. The summed E-state index contributed by atoms with van der Waals surface area (Å²) in [6, 6.07) is 8.85. The summed E-state index contributed by atoms with van der Waals surface area (Å²) < 4.78 is 64.8. The molecule has 0 aliphatic carbocycles. The first kappa shape index (κ1) is 23.9. The van der Waals surface area contributed by atoms with Gasteiger partial charge in [0.2, 0.25) is 0 Å². The van der Waals surface area contributed by atoms with Crippen LogP contribution in [0, 0.1) is 6.92 Å². The highest BCUT2D eigenvalue weighted by Gasteiger charge is 2.33. The second kappa shape index (κ2) is 8.87. The Morgan fingerprint density at radius 3 is 2.73 bits per heavy atom. The standard InChI is InChI=1S/C23H23ClF2N2O3S2/c1-4-23(25,26)19-7-6-16(12-20(19)31-17-9-10-28(3)13-17)27-33(29,30)22-14(2)32-21-8-5-15(24)11-18(21)22/h4-8,11-12,17,27H,1,9-10,13H2,2-3H3/t17-/m1/s1. The fourth-order valence-corrected chi connectivity index (χ4v) is 6.96. The van der Waals surface area contributed by atoms with Gasteiger partial charge in [0, 0.05) is 39.1 Å². The van der Waals surface area contributed by atoms with Crippen molar-refractivity contribution in [2.45, 2.75) is 30.3 Å². The Balaban J connectivity index is 1.72. The molecule has 5 nitrogen and oxygen atoms in total. The van der Waals surface area contributed by atoms with Crippen LogP contribution in [0.3, 0.4) is 0 Å². The Labute approximate surface area is 200 Å². The number of halogens is 3. The number of ether oxygens (including phenoxy) is 1. The molecule has 2 heterocycles. The minimum absolute atomic E-state index is 0.0738. The number of hydrogen-bond donors (Lipinski definition) is 1. The summed E-state index contributed by atoms with van der Waals surface area (Å²) in [5.74, 6) is -3.40. The second-order valence-electron chi connectivity index (χ2n) is 8.06. The molecule has 0 radical (unpaired) electrons. The van der Waals surface area contributed by atoms with Crippen LogP contribution < -0.4 is 9.46 Å². The molecule has 0 amide bonds. The lowest BCUT2D eigenvalue weighted by Crippen LogP contribution is -2.23. The Kier molecular flexibility index (Phi) is 6.43. The number of hydrogen-bond acceptors (Lipinski definition) is 5. The molecule has 10 heteroatoms. The summed E-state index contributed by atoms with van der Waals surface area (Å²) >= 11 is 7.43. The number of alkyl halides is 2. The molecule has 1 N–H and O–H groups in total. The molecule has 1 saturated heterocycles. The van der Waals surface area contributed by atoms with Crippen LogP contribution in [0.4, 0.5) is 14.5 Å². The van der Waals surface area contributed by atoms with Gasteiger partial charge in [0.25, 0.3) is 15.9 Å². The largest absolute Gasteiger partial charge is 0.488 e. The number of rotatable bonds is 7. The molecule has 0 bridgehead atoms. The van der Waals surface area contributed by atoms with Gasteiger partial charge in [0.15, 0.2) is 0 Å². The van der Waals surface area contributed by atoms with Crippen molar-refractivity contribution in [3.63, 3.8) is 0 Å². The van der Waals surface area contributed by atoms with Gasteiger partial charge in [-0.05, 0) is 56.8 Å². The Morgan fingerprint density at radius 2 is 2.06 bits per heavy atom. The molecule has 1 fully saturated rings. The number of sulfonamides is 1. The Hall–Kier alpha value is -2.20. The lowest BCUT2D eigenvalue weighted by atomic mass is 10.1. The molecule has 3 aromatic rings. The maximum atomic E-state index is 14.5. The number of thiophene rings is 1. The monoisotopic (exact) mass is 512 g/mol. The number of likely N-dealkylation sites (tertiary alicyclic amines) is 1. The van der Waals surface area contributed by atoms with Crippen molar-refractivity contribution in [2.24, 2.45) is 0 Å². The van der Waals surface area contributed by atoms with Gasteiger partial charge in [-0.25, -0.2) is 8.42 Å². The third-order valence-electron chi connectivity index (χ3n) is 5.53. The van der Waals surface area contributed by atoms with Gasteiger partial charge in [-0.15, -0.1) is 11.3 Å². The summed E-state index contributed by atoms with van der Waals surface area (Å²) in [5, 5.41) is 0.933. The highest BCUT2D eigenvalue weighted by Crippen LogP contribution is 2.40. The van der Waals surface area contributed by atoms with Crippen LogP contribution in [0.5, 0.6) is 5.75 Å². The molecule has 176 valence electrons.